The summed E-state index contributed by atoms with van der Waals surface area (Å²) in [6.45, 7) is 0. The standard InChI is InChI=1S/C19H14Br2O2/c20-11-15-17(22)16(12-21)19(14-9-5-2-6-10-14)23-18(15)13-7-3-1-4-8-13/h1-10H,11-12H2. The van der Waals surface area contributed by atoms with Crippen molar-refractivity contribution >= 4 is 31.9 Å². The van der Waals surface area contributed by atoms with Gasteiger partial charge in [0.15, 0.2) is 5.43 Å². The average molecular weight is 434 g/mol. The number of hydrogen-bond donors (Lipinski definition) is 0. The molecule has 0 fully saturated rings. The first-order valence-corrected chi connectivity index (χ1v) is 9.42. The lowest BCUT2D eigenvalue weighted by Gasteiger charge is -2.13. The third-order valence-electron chi connectivity index (χ3n) is 3.64. The Bertz CT molecular complexity index is 787. The van der Waals surface area contributed by atoms with Crippen LogP contribution in [-0.2, 0) is 10.7 Å². The minimum Gasteiger partial charge on any atom is -0.455 e. The summed E-state index contributed by atoms with van der Waals surface area (Å²) in [7, 11) is 0. The molecule has 0 aliphatic heterocycles. The van der Waals surface area contributed by atoms with E-state index in [1.807, 2.05) is 60.7 Å². The first-order chi connectivity index (χ1) is 11.3. The lowest BCUT2D eigenvalue weighted by atomic mass is 10.0. The molecule has 2 aromatic carbocycles. The Labute approximate surface area is 151 Å². The highest BCUT2D eigenvalue weighted by Gasteiger charge is 2.19. The van der Waals surface area contributed by atoms with Crippen molar-refractivity contribution in [1.82, 2.24) is 0 Å². The highest BCUT2D eigenvalue weighted by Crippen LogP contribution is 2.31. The van der Waals surface area contributed by atoms with Gasteiger partial charge >= 0.3 is 0 Å². The molecule has 0 atom stereocenters. The van der Waals surface area contributed by atoms with Gasteiger partial charge in [-0.05, 0) is 0 Å². The molecule has 0 saturated heterocycles. The van der Waals surface area contributed by atoms with Gasteiger partial charge in [-0.25, -0.2) is 0 Å². The number of rotatable bonds is 4. The maximum Gasteiger partial charge on any atom is 0.194 e. The molecule has 1 aromatic heterocycles. The molecule has 0 amide bonds. The van der Waals surface area contributed by atoms with E-state index < -0.39 is 0 Å². The van der Waals surface area contributed by atoms with Gasteiger partial charge in [-0.1, -0.05) is 92.5 Å². The number of benzene rings is 2. The van der Waals surface area contributed by atoms with Crippen molar-refractivity contribution in [1.29, 1.82) is 0 Å². The van der Waals surface area contributed by atoms with E-state index in [2.05, 4.69) is 31.9 Å². The SMILES string of the molecule is O=c1c(CBr)c(-c2ccccc2)oc(-c2ccccc2)c1CBr. The maximum atomic E-state index is 12.9. The monoisotopic (exact) mass is 432 g/mol. The van der Waals surface area contributed by atoms with Crippen LogP contribution in [0.3, 0.4) is 0 Å². The topological polar surface area (TPSA) is 30.2 Å². The van der Waals surface area contributed by atoms with Crippen LogP contribution < -0.4 is 5.43 Å². The van der Waals surface area contributed by atoms with E-state index in [4.69, 9.17) is 4.42 Å². The van der Waals surface area contributed by atoms with Gasteiger partial charge < -0.3 is 4.42 Å². The molecule has 4 heteroatoms. The van der Waals surface area contributed by atoms with Crippen molar-refractivity contribution in [2.45, 2.75) is 10.7 Å². The highest BCUT2D eigenvalue weighted by molar-refractivity contribution is 9.08. The van der Waals surface area contributed by atoms with Crippen molar-refractivity contribution in [3.63, 3.8) is 0 Å². The molecule has 0 radical (unpaired) electrons. The van der Waals surface area contributed by atoms with Gasteiger partial charge in [-0.15, -0.1) is 0 Å². The fraction of sp³-hybridized carbons (Fsp3) is 0.105. The molecule has 23 heavy (non-hydrogen) atoms. The zero-order chi connectivity index (χ0) is 16.2. The van der Waals surface area contributed by atoms with Gasteiger partial charge in [0.1, 0.15) is 11.5 Å². The minimum atomic E-state index is 0.0164. The second-order valence-electron chi connectivity index (χ2n) is 5.05. The van der Waals surface area contributed by atoms with Gasteiger partial charge in [0.05, 0.1) is 11.1 Å². The van der Waals surface area contributed by atoms with E-state index >= 15 is 0 Å². The number of hydrogen-bond acceptors (Lipinski definition) is 2. The molecule has 0 aliphatic rings. The van der Waals surface area contributed by atoms with Crippen LogP contribution in [0, 0.1) is 0 Å². The van der Waals surface area contributed by atoms with Crippen LogP contribution in [0.4, 0.5) is 0 Å². The summed E-state index contributed by atoms with van der Waals surface area (Å²) >= 11 is 6.85. The van der Waals surface area contributed by atoms with Crippen LogP contribution in [0.5, 0.6) is 0 Å². The quantitative estimate of drug-likeness (QED) is 0.489. The largest absolute Gasteiger partial charge is 0.455 e. The summed E-state index contributed by atoms with van der Waals surface area (Å²) in [6, 6.07) is 19.4. The molecule has 3 rings (SSSR count). The Hall–Kier alpha value is -1.65. The molecule has 0 saturated carbocycles. The first kappa shape index (κ1) is 16.2. The normalized spacial score (nSPS) is 10.7. The maximum absolute atomic E-state index is 12.9. The molecular formula is C19H14Br2O2. The van der Waals surface area contributed by atoms with Crippen molar-refractivity contribution in [3.8, 4) is 22.6 Å². The fourth-order valence-electron chi connectivity index (χ4n) is 2.50. The van der Waals surface area contributed by atoms with E-state index in [1.165, 1.54) is 0 Å². The van der Waals surface area contributed by atoms with E-state index in [1.54, 1.807) is 0 Å². The van der Waals surface area contributed by atoms with Gasteiger partial charge in [0.25, 0.3) is 0 Å². The summed E-state index contributed by atoms with van der Waals surface area (Å²) in [5.41, 5.74) is 3.10. The van der Waals surface area contributed by atoms with Crippen LogP contribution in [0.1, 0.15) is 11.1 Å². The predicted octanol–water partition coefficient (Wildman–Crippen LogP) is 5.76. The van der Waals surface area contributed by atoms with E-state index in [0.717, 1.165) is 11.1 Å². The number of alkyl halides is 2. The highest BCUT2D eigenvalue weighted by atomic mass is 79.9. The molecule has 0 bridgehead atoms. The molecule has 0 unspecified atom stereocenters. The molecule has 0 aliphatic carbocycles. The van der Waals surface area contributed by atoms with Crippen LogP contribution in [0.2, 0.25) is 0 Å². The summed E-state index contributed by atoms with van der Waals surface area (Å²) in [5.74, 6) is 1.24. The second kappa shape index (κ2) is 7.28. The Kier molecular flexibility index (Phi) is 5.13. The Morgan fingerprint density at radius 1 is 0.696 bits per heavy atom. The van der Waals surface area contributed by atoms with Crippen molar-refractivity contribution < 1.29 is 4.42 Å². The summed E-state index contributed by atoms with van der Waals surface area (Å²) in [5, 5.41) is 0.906. The fourth-order valence-corrected chi connectivity index (χ4v) is 3.52. The molecule has 0 spiro atoms. The van der Waals surface area contributed by atoms with Crippen molar-refractivity contribution in [2.24, 2.45) is 0 Å². The first-order valence-electron chi connectivity index (χ1n) is 7.18. The summed E-state index contributed by atoms with van der Waals surface area (Å²) in [6.07, 6.45) is 0. The zero-order valence-corrected chi connectivity index (χ0v) is 15.4. The van der Waals surface area contributed by atoms with Crippen LogP contribution in [0.25, 0.3) is 22.6 Å². The van der Waals surface area contributed by atoms with Crippen molar-refractivity contribution in [2.75, 3.05) is 0 Å². The third-order valence-corrected chi connectivity index (χ3v) is 4.76. The van der Waals surface area contributed by atoms with Crippen LogP contribution in [0.15, 0.2) is 69.9 Å². The Morgan fingerprint density at radius 3 is 1.43 bits per heavy atom. The zero-order valence-electron chi connectivity index (χ0n) is 12.3. The minimum absolute atomic E-state index is 0.0164. The van der Waals surface area contributed by atoms with Gasteiger partial charge in [-0.2, -0.15) is 0 Å². The number of halogens is 2. The average Bonchev–Trinajstić information content (AvgIpc) is 2.62. The van der Waals surface area contributed by atoms with E-state index in [0.29, 0.717) is 33.3 Å². The van der Waals surface area contributed by atoms with E-state index in [9.17, 15) is 4.79 Å². The lowest BCUT2D eigenvalue weighted by molar-refractivity contribution is 0.570. The third kappa shape index (κ3) is 3.19. The molecule has 116 valence electrons. The van der Waals surface area contributed by atoms with Gasteiger partial charge in [-0.3, -0.25) is 4.79 Å². The second-order valence-corrected chi connectivity index (χ2v) is 6.17. The lowest BCUT2D eigenvalue weighted by Crippen LogP contribution is -2.15. The van der Waals surface area contributed by atoms with Gasteiger partial charge in [0, 0.05) is 21.8 Å². The molecule has 1 heterocycles. The smallest absolute Gasteiger partial charge is 0.194 e. The van der Waals surface area contributed by atoms with Crippen molar-refractivity contribution in [3.05, 3.63) is 82.0 Å². The van der Waals surface area contributed by atoms with Crippen LogP contribution >= 0.6 is 31.9 Å². The predicted molar refractivity (Wildman–Crippen MR) is 101 cm³/mol. The summed E-state index contributed by atoms with van der Waals surface area (Å²) < 4.78 is 6.21. The molecule has 2 nitrogen and oxygen atoms in total. The van der Waals surface area contributed by atoms with Crippen LogP contribution in [-0.4, -0.2) is 0 Å². The summed E-state index contributed by atoms with van der Waals surface area (Å²) in [4.78, 5) is 12.9. The Balaban J connectivity index is 2.33. The van der Waals surface area contributed by atoms with Gasteiger partial charge in [0.2, 0.25) is 0 Å². The molecule has 3 aromatic rings. The molecular weight excluding hydrogens is 420 g/mol. The van der Waals surface area contributed by atoms with E-state index in [-0.39, 0.29) is 5.43 Å². The molecule has 0 N–H and O–H groups in total. The Morgan fingerprint density at radius 2 is 1.09 bits per heavy atom.